The molecule has 0 N–H and O–H groups in total. The third kappa shape index (κ3) is 2.19. The average Bonchev–Trinajstić information content (AvgIpc) is 2.56. The molecule has 1 atom stereocenters. The molecule has 1 aliphatic carbocycles. The van der Waals surface area contributed by atoms with Crippen molar-refractivity contribution in [1.82, 2.24) is 0 Å². The third-order valence-electron chi connectivity index (χ3n) is 2.75. The van der Waals surface area contributed by atoms with Gasteiger partial charge in [0, 0.05) is 12.8 Å². The Labute approximate surface area is 82.8 Å². The molecule has 1 aromatic heterocycles. The first kappa shape index (κ1) is 8.95. The molecule has 1 unspecified atom stereocenters. The van der Waals surface area contributed by atoms with Crippen molar-refractivity contribution in [1.29, 1.82) is 0 Å². The fourth-order valence-corrected chi connectivity index (χ4v) is 2.73. The van der Waals surface area contributed by atoms with Gasteiger partial charge in [-0.15, -0.1) is 0 Å². The van der Waals surface area contributed by atoms with E-state index >= 15 is 0 Å². The van der Waals surface area contributed by atoms with Crippen LogP contribution < -0.4 is 0 Å². The molecule has 1 aromatic rings. The van der Waals surface area contributed by atoms with Gasteiger partial charge in [-0.1, -0.05) is 6.42 Å². The van der Waals surface area contributed by atoms with Gasteiger partial charge in [0.1, 0.15) is 5.78 Å². The lowest BCUT2D eigenvalue weighted by atomic mass is 9.94. The topological polar surface area (TPSA) is 17.1 Å². The molecule has 2 heteroatoms. The Morgan fingerprint density at radius 2 is 2.31 bits per heavy atom. The molecule has 0 radical (unpaired) electrons. The molecule has 70 valence electrons. The van der Waals surface area contributed by atoms with E-state index in [4.69, 9.17) is 0 Å². The molecule has 0 aliphatic heterocycles. The van der Waals surface area contributed by atoms with Crippen LogP contribution in [0.25, 0.3) is 0 Å². The van der Waals surface area contributed by atoms with Crippen molar-refractivity contribution < 1.29 is 4.79 Å². The highest BCUT2D eigenvalue weighted by Crippen LogP contribution is 2.30. The zero-order valence-electron chi connectivity index (χ0n) is 7.66. The average molecular weight is 194 g/mol. The maximum atomic E-state index is 11.4. The molecule has 0 saturated heterocycles. The number of ketones is 1. The zero-order valence-corrected chi connectivity index (χ0v) is 8.48. The summed E-state index contributed by atoms with van der Waals surface area (Å²) in [6.45, 7) is 0. The summed E-state index contributed by atoms with van der Waals surface area (Å²) in [4.78, 5) is 11.4. The minimum atomic E-state index is 0.453. The van der Waals surface area contributed by atoms with Gasteiger partial charge in [0.05, 0.1) is 0 Å². The molecule has 1 heterocycles. The van der Waals surface area contributed by atoms with Gasteiger partial charge in [0.25, 0.3) is 0 Å². The maximum absolute atomic E-state index is 11.4. The van der Waals surface area contributed by atoms with Gasteiger partial charge in [-0.05, 0) is 41.1 Å². The maximum Gasteiger partial charge on any atom is 0.133 e. The van der Waals surface area contributed by atoms with E-state index in [1.54, 1.807) is 11.3 Å². The van der Waals surface area contributed by atoms with E-state index in [0.717, 1.165) is 19.3 Å². The number of hydrogen-bond acceptors (Lipinski definition) is 2. The van der Waals surface area contributed by atoms with Crippen LogP contribution in [0.3, 0.4) is 0 Å². The molecule has 0 amide bonds. The predicted molar refractivity (Wildman–Crippen MR) is 55.2 cm³/mol. The molecular formula is C11H14OS. The quantitative estimate of drug-likeness (QED) is 0.626. The Morgan fingerprint density at radius 1 is 1.38 bits per heavy atom. The predicted octanol–water partition coefficient (Wildman–Crippen LogP) is 3.36. The minimum Gasteiger partial charge on any atom is -0.300 e. The summed E-state index contributed by atoms with van der Waals surface area (Å²) in [5.41, 5.74) is 1.38. The van der Waals surface area contributed by atoms with Gasteiger partial charge in [-0.2, -0.15) is 11.3 Å². The van der Waals surface area contributed by atoms with Gasteiger partial charge in [-0.3, -0.25) is 4.79 Å². The zero-order chi connectivity index (χ0) is 9.10. The molecule has 13 heavy (non-hydrogen) atoms. The van der Waals surface area contributed by atoms with Crippen LogP contribution in [0, 0.1) is 0 Å². The van der Waals surface area contributed by atoms with Crippen LogP contribution in [0.1, 0.15) is 43.6 Å². The number of Topliss-reactive ketones (excluding diaryl/α,β-unsaturated/α-hetero) is 1. The van der Waals surface area contributed by atoms with Crippen LogP contribution in [0.15, 0.2) is 16.8 Å². The van der Waals surface area contributed by atoms with Crippen molar-refractivity contribution >= 4 is 17.1 Å². The molecule has 1 saturated carbocycles. The van der Waals surface area contributed by atoms with Crippen molar-refractivity contribution in [2.45, 2.75) is 38.0 Å². The highest BCUT2D eigenvalue weighted by Gasteiger charge is 2.19. The number of thiophene rings is 1. The summed E-state index contributed by atoms with van der Waals surface area (Å²) in [6.07, 6.45) is 5.09. The highest BCUT2D eigenvalue weighted by atomic mass is 32.1. The minimum absolute atomic E-state index is 0.453. The van der Waals surface area contributed by atoms with Gasteiger partial charge in [0.2, 0.25) is 0 Å². The second-order valence-corrected chi connectivity index (χ2v) is 4.52. The van der Waals surface area contributed by atoms with E-state index in [0.29, 0.717) is 11.7 Å². The van der Waals surface area contributed by atoms with Crippen molar-refractivity contribution in [2.75, 3.05) is 0 Å². The van der Waals surface area contributed by atoms with E-state index in [-0.39, 0.29) is 0 Å². The Hall–Kier alpha value is -0.630. The standard InChI is InChI=1S/C11H14OS/c12-11-4-2-1-3-9(7-11)10-5-6-13-8-10/h5-6,8-9H,1-4,7H2. The number of carbonyl (C=O) groups excluding carboxylic acids is 1. The largest absolute Gasteiger partial charge is 0.300 e. The van der Waals surface area contributed by atoms with E-state index in [9.17, 15) is 4.79 Å². The van der Waals surface area contributed by atoms with Crippen LogP contribution in [0.4, 0.5) is 0 Å². The smallest absolute Gasteiger partial charge is 0.133 e. The lowest BCUT2D eigenvalue weighted by Crippen LogP contribution is -2.02. The number of carbonyl (C=O) groups is 1. The van der Waals surface area contributed by atoms with Crippen molar-refractivity contribution in [3.05, 3.63) is 22.4 Å². The van der Waals surface area contributed by atoms with E-state index in [1.165, 1.54) is 18.4 Å². The fraction of sp³-hybridized carbons (Fsp3) is 0.545. The summed E-state index contributed by atoms with van der Waals surface area (Å²) in [5, 5.41) is 4.29. The normalized spacial score (nSPS) is 24.3. The SMILES string of the molecule is O=C1CCCCC(c2ccsc2)C1. The van der Waals surface area contributed by atoms with Crippen LogP contribution >= 0.6 is 11.3 Å². The Bertz CT molecular complexity index is 276. The second-order valence-electron chi connectivity index (χ2n) is 3.74. The van der Waals surface area contributed by atoms with Crippen LogP contribution in [-0.4, -0.2) is 5.78 Å². The molecular weight excluding hydrogens is 180 g/mol. The molecule has 1 fully saturated rings. The Balaban J connectivity index is 2.09. The van der Waals surface area contributed by atoms with Gasteiger partial charge in [-0.25, -0.2) is 0 Å². The molecule has 1 nitrogen and oxygen atoms in total. The van der Waals surface area contributed by atoms with E-state index in [1.807, 2.05) is 0 Å². The molecule has 1 aliphatic rings. The first-order chi connectivity index (χ1) is 6.36. The summed E-state index contributed by atoms with van der Waals surface area (Å²) in [5.74, 6) is 0.968. The molecule has 0 bridgehead atoms. The van der Waals surface area contributed by atoms with Crippen LogP contribution in [0.2, 0.25) is 0 Å². The first-order valence-corrected chi connectivity index (χ1v) is 5.84. The van der Waals surface area contributed by atoms with Gasteiger partial charge in [0.15, 0.2) is 0 Å². The summed E-state index contributed by atoms with van der Waals surface area (Å²) >= 11 is 1.73. The van der Waals surface area contributed by atoms with Crippen molar-refractivity contribution in [2.24, 2.45) is 0 Å². The monoisotopic (exact) mass is 194 g/mol. The van der Waals surface area contributed by atoms with Gasteiger partial charge < -0.3 is 0 Å². The van der Waals surface area contributed by atoms with Gasteiger partial charge >= 0.3 is 0 Å². The summed E-state index contributed by atoms with van der Waals surface area (Å²) in [6, 6.07) is 2.16. The van der Waals surface area contributed by atoms with Crippen molar-refractivity contribution in [3.63, 3.8) is 0 Å². The lowest BCUT2D eigenvalue weighted by molar-refractivity contribution is -0.119. The highest BCUT2D eigenvalue weighted by molar-refractivity contribution is 7.07. The van der Waals surface area contributed by atoms with Crippen LogP contribution in [0.5, 0.6) is 0 Å². The Morgan fingerprint density at radius 3 is 3.08 bits per heavy atom. The summed E-state index contributed by atoms with van der Waals surface area (Å²) < 4.78 is 0. The fourth-order valence-electron chi connectivity index (χ4n) is 1.98. The van der Waals surface area contributed by atoms with E-state index < -0.39 is 0 Å². The van der Waals surface area contributed by atoms with E-state index in [2.05, 4.69) is 16.8 Å². The molecule has 0 spiro atoms. The molecule has 2 rings (SSSR count). The number of rotatable bonds is 1. The third-order valence-corrected chi connectivity index (χ3v) is 3.45. The first-order valence-electron chi connectivity index (χ1n) is 4.90. The lowest BCUT2D eigenvalue weighted by Gasteiger charge is -2.10. The Kier molecular flexibility index (Phi) is 2.79. The second kappa shape index (κ2) is 4.05. The summed E-state index contributed by atoms with van der Waals surface area (Å²) in [7, 11) is 0. The van der Waals surface area contributed by atoms with Crippen LogP contribution in [-0.2, 0) is 4.79 Å². The van der Waals surface area contributed by atoms with Crippen molar-refractivity contribution in [3.8, 4) is 0 Å². The molecule has 0 aromatic carbocycles. The number of hydrogen-bond donors (Lipinski definition) is 0.